The number of aliphatic hydroxyl groups is 1. The van der Waals surface area contributed by atoms with Crippen molar-refractivity contribution < 1.29 is 9.90 Å². The van der Waals surface area contributed by atoms with E-state index in [0.717, 1.165) is 25.7 Å². The van der Waals surface area contributed by atoms with Gasteiger partial charge >= 0.3 is 0 Å². The lowest BCUT2D eigenvalue weighted by Crippen LogP contribution is -2.24. The van der Waals surface area contributed by atoms with Crippen molar-refractivity contribution in [1.82, 2.24) is 0 Å². The highest BCUT2D eigenvalue weighted by Crippen LogP contribution is 2.25. The van der Waals surface area contributed by atoms with Crippen LogP contribution in [0.15, 0.2) is 0 Å². The minimum absolute atomic E-state index is 0.158. The lowest BCUT2D eigenvalue weighted by Gasteiger charge is -2.23. The molecule has 0 radical (unpaired) electrons. The van der Waals surface area contributed by atoms with Crippen LogP contribution in [0.4, 0.5) is 0 Å². The van der Waals surface area contributed by atoms with Gasteiger partial charge in [-0.25, -0.2) is 0 Å². The monoisotopic (exact) mass is 220 g/mol. The molecule has 0 aromatic carbocycles. The molecule has 1 aliphatic rings. The standard InChI is InChI=1S/C8H13BrO2/c9-5-8(11)6-1-3-7(10)4-2-6/h6-7,10H,1-5H2. The van der Waals surface area contributed by atoms with Crippen LogP contribution in [0.2, 0.25) is 0 Å². The Kier molecular flexibility index (Phi) is 3.52. The highest BCUT2D eigenvalue weighted by atomic mass is 79.9. The fraction of sp³-hybridized carbons (Fsp3) is 0.875. The minimum Gasteiger partial charge on any atom is -0.393 e. The number of carbonyl (C=O) groups is 1. The van der Waals surface area contributed by atoms with E-state index in [1.54, 1.807) is 0 Å². The van der Waals surface area contributed by atoms with Crippen molar-refractivity contribution in [1.29, 1.82) is 0 Å². The maximum atomic E-state index is 11.1. The van der Waals surface area contributed by atoms with E-state index in [1.165, 1.54) is 0 Å². The Balaban J connectivity index is 2.33. The minimum atomic E-state index is -0.158. The third-order valence-electron chi connectivity index (χ3n) is 2.28. The van der Waals surface area contributed by atoms with Gasteiger partial charge in [0.1, 0.15) is 5.78 Å². The zero-order valence-corrected chi connectivity index (χ0v) is 8.01. The predicted molar refractivity (Wildman–Crippen MR) is 46.8 cm³/mol. The molecule has 0 heterocycles. The molecule has 1 fully saturated rings. The molecule has 1 aliphatic carbocycles. The Labute approximate surface area is 75.1 Å². The Morgan fingerprint density at radius 2 is 1.91 bits per heavy atom. The second-order valence-corrected chi connectivity index (χ2v) is 3.67. The van der Waals surface area contributed by atoms with E-state index < -0.39 is 0 Å². The SMILES string of the molecule is O=C(CBr)C1CCC(O)CC1. The molecule has 1 saturated carbocycles. The van der Waals surface area contributed by atoms with Crippen molar-refractivity contribution >= 4 is 21.7 Å². The van der Waals surface area contributed by atoms with E-state index >= 15 is 0 Å². The normalized spacial score (nSPS) is 31.8. The van der Waals surface area contributed by atoms with Gasteiger partial charge in [-0.2, -0.15) is 0 Å². The van der Waals surface area contributed by atoms with Crippen LogP contribution in [0.3, 0.4) is 0 Å². The first-order chi connectivity index (χ1) is 5.24. The lowest BCUT2D eigenvalue weighted by molar-refractivity contribution is -0.121. The summed E-state index contributed by atoms with van der Waals surface area (Å²) in [7, 11) is 0. The summed E-state index contributed by atoms with van der Waals surface area (Å²) in [5.74, 6) is 0.495. The van der Waals surface area contributed by atoms with Crippen LogP contribution in [0.1, 0.15) is 25.7 Å². The van der Waals surface area contributed by atoms with Gasteiger partial charge in [-0.15, -0.1) is 0 Å². The molecule has 0 saturated heterocycles. The highest BCUT2D eigenvalue weighted by molar-refractivity contribution is 9.09. The number of aliphatic hydroxyl groups excluding tert-OH is 1. The first kappa shape index (κ1) is 9.20. The Bertz CT molecular complexity index is 139. The van der Waals surface area contributed by atoms with Crippen molar-refractivity contribution in [2.75, 3.05) is 5.33 Å². The zero-order valence-electron chi connectivity index (χ0n) is 6.42. The molecule has 11 heavy (non-hydrogen) atoms. The summed E-state index contributed by atoms with van der Waals surface area (Å²) in [6, 6.07) is 0. The number of carbonyl (C=O) groups excluding carboxylic acids is 1. The first-order valence-corrected chi connectivity index (χ1v) is 5.13. The van der Waals surface area contributed by atoms with Crippen LogP contribution in [-0.2, 0) is 4.79 Å². The summed E-state index contributed by atoms with van der Waals surface area (Å²) in [4.78, 5) is 11.1. The number of ketones is 1. The topological polar surface area (TPSA) is 37.3 Å². The quantitative estimate of drug-likeness (QED) is 0.717. The van der Waals surface area contributed by atoms with Crippen molar-refractivity contribution in [2.45, 2.75) is 31.8 Å². The van der Waals surface area contributed by atoms with E-state index in [4.69, 9.17) is 5.11 Å². The van der Waals surface area contributed by atoms with Gasteiger partial charge in [0.25, 0.3) is 0 Å². The second-order valence-electron chi connectivity index (χ2n) is 3.11. The lowest BCUT2D eigenvalue weighted by atomic mass is 9.85. The molecule has 64 valence electrons. The van der Waals surface area contributed by atoms with Crippen LogP contribution >= 0.6 is 15.9 Å². The van der Waals surface area contributed by atoms with Crippen molar-refractivity contribution in [2.24, 2.45) is 5.92 Å². The highest BCUT2D eigenvalue weighted by Gasteiger charge is 2.23. The summed E-state index contributed by atoms with van der Waals surface area (Å²) >= 11 is 3.15. The molecular weight excluding hydrogens is 208 g/mol. The van der Waals surface area contributed by atoms with E-state index in [1.807, 2.05) is 0 Å². The number of halogens is 1. The molecule has 0 spiro atoms. The van der Waals surface area contributed by atoms with Crippen LogP contribution in [0, 0.1) is 5.92 Å². The van der Waals surface area contributed by atoms with Crippen molar-refractivity contribution in [3.8, 4) is 0 Å². The van der Waals surface area contributed by atoms with E-state index in [9.17, 15) is 4.79 Å². The molecular formula is C8H13BrO2. The van der Waals surface area contributed by atoms with Gasteiger partial charge in [-0.1, -0.05) is 15.9 Å². The Morgan fingerprint density at radius 3 is 2.36 bits per heavy atom. The predicted octanol–water partition coefficient (Wildman–Crippen LogP) is 1.50. The number of hydrogen-bond acceptors (Lipinski definition) is 2. The van der Waals surface area contributed by atoms with Crippen molar-refractivity contribution in [3.05, 3.63) is 0 Å². The molecule has 0 aromatic rings. The molecule has 3 heteroatoms. The largest absolute Gasteiger partial charge is 0.393 e. The van der Waals surface area contributed by atoms with Gasteiger partial charge in [-0.3, -0.25) is 4.79 Å². The Hall–Kier alpha value is 0.110. The van der Waals surface area contributed by atoms with E-state index in [2.05, 4.69) is 15.9 Å². The van der Waals surface area contributed by atoms with Gasteiger partial charge in [-0.05, 0) is 25.7 Å². The summed E-state index contributed by atoms with van der Waals surface area (Å²) in [5.41, 5.74) is 0. The number of alkyl halides is 1. The van der Waals surface area contributed by atoms with Crippen LogP contribution in [-0.4, -0.2) is 22.3 Å². The molecule has 0 unspecified atom stereocenters. The molecule has 0 atom stereocenters. The average Bonchev–Trinajstić information content (AvgIpc) is 2.05. The van der Waals surface area contributed by atoms with Crippen LogP contribution in [0.5, 0.6) is 0 Å². The van der Waals surface area contributed by atoms with Gasteiger partial charge in [0.2, 0.25) is 0 Å². The summed E-state index contributed by atoms with van der Waals surface area (Å²) in [5, 5.41) is 9.62. The van der Waals surface area contributed by atoms with Gasteiger partial charge in [0, 0.05) is 5.92 Å². The smallest absolute Gasteiger partial charge is 0.146 e. The molecule has 0 aliphatic heterocycles. The summed E-state index contributed by atoms with van der Waals surface area (Å²) < 4.78 is 0. The van der Waals surface area contributed by atoms with Crippen LogP contribution < -0.4 is 0 Å². The molecule has 0 aromatic heterocycles. The second kappa shape index (κ2) is 4.21. The summed E-state index contributed by atoms with van der Waals surface area (Å²) in [6.07, 6.45) is 3.17. The zero-order chi connectivity index (χ0) is 8.27. The summed E-state index contributed by atoms with van der Waals surface area (Å²) in [6.45, 7) is 0. The van der Waals surface area contributed by atoms with Gasteiger partial charge < -0.3 is 5.11 Å². The van der Waals surface area contributed by atoms with E-state index in [-0.39, 0.29) is 17.8 Å². The maximum absolute atomic E-state index is 11.1. The van der Waals surface area contributed by atoms with Crippen LogP contribution in [0.25, 0.3) is 0 Å². The number of Topliss-reactive ketones (excluding diaryl/α,β-unsaturated/α-hetero) is 1. The molecule has 0 amide bonds. The fourth-order valence-electron chi connectivity index (χ4n) is 1.51. The number of rotatable bonds is 2. The third kappa shape index (κ3) is 2.56. The number of hydrogen-bond donors (Lipinski definition) is 1. The molecule has 0 bridgehead atoms. The fourth-order valence-corrected chi connectivity index (χ4v) is 1.96. The van der Waals surface area contributed by atoms with E-state index in [0.29, 0.717) is 5.33 Å². The first-order valence-electron chi connectivity index (χ1n) is 4.00. The Morgan fingerprint density at radius 1 is 1.36 bits per heavy atom. The molecule has 2 nitrogen and oxygen atoms in total. The van der Waals surface area contributed by atoms with Gasteiger partial charge in [0.05, 0.1) is 11.4 Å². The van der Waals surface area contributed by atoms with Gasteiger partial charge in [0.15, 0.2) is 0 Å². The molecule has 1 rings (SSSR count). The van der Waals surface area contributed by atoms with Crippen molar-refractivity contribution in [3.63, 3.8) is 0 Å². The molecule has 1 N–H and O–H groups in total. The maximum Gasteiger partial charge on any atom is 0.146 e. The average molecular weight is 221 g/mol. The third-order valence-corrected chi connectivity index (χ3v) is 2.84.